The molecule has 1 N–H and O–H groups in total. The monoisotopic (exact) mass is 322 g/mol. The zero-order valence-electron chi connectivity index (χ0n) is 13.3. The Morgan fingerprint density at radius 1 is 1.04 bits per heavy atom. The number of tetrazole rings is 1. The Morgan fingerprint density at radius 2 is 1.92 bits per heavy atom. The van der Waals surface area contributed by atoms with Gasteiger partial charge in [0.1, 0.15) is 5.82 Å². The van der Waals surface area contributed by atoms with Gasteiger partial charge in [0.2, 0.25) is 0 Å². The molecule has 0 saturated heterocycles. The van der Waals surface area contributed by atoms with Crippen molar-refractivity contribution in [3.05, 3.63) is 42.0 Å². The topological polar surface area (TPSA) is 88.4 Å². The number of hydrogen-bond donors (Lipinski definition) is 1. The van der Waals surface area contributed by atoms with Crippen molar-refractivity contribution in [2.24, 2.45) is 0 Å². The maximum atomic E-state index is 4.42. The molecule has 0 bridgehead atoms. The minimum Gasteiger partial charge on any atom is -0.309 e. The summed E-state index contributed by atoms with van der Waals surface area (Å²) in [6.07, 6.45) is 2.26. The van der Waals surface area contributed by atoms with Crippen LogP contribution >= 0.6 is 0 Å². The van der Waals surface area contributed by atoms with Crippen LogP contribution in [-0.4, -0.2) is 53.4 Å². The third-order valence-corrected chi connectivity index (χ3v) is 5.06. The van der Waals surface area contributed by atoms with Crippen LogP contribution in [0, 0.1) is 0 Å². The van der Waals surface area contributed by atoms with E-state index in [0.29, 0.717) is 0 Å². The quantitative estimate of drug-likeness (QED) is 0.771. The molecular formula is C16H18N8. The highest BCUT2D eigenvalue weighted by Gasteiger charge is 2.49. The third kappa shape index (κ3) is 2.22. The number of nitrogens with one attached hydrogen (secondary N) is 1. The first-order valence-corrected chi connectivity index (χ1v) is 8.28. The van der Waals surface area contributed by atoms with E-state index < -0.39 is 0 Å². The third-order valence-electron chi connectivity index (χ3n) is 5.06. The molecule has 3 heterocycles. The lowest BCUT2D eigenvalue weighted by atomic mass is 10.1. The predicted octanol–water partition coefficient (Wildman–Crippen LogP) is 1.01. The van der Waals surface area contributed by atoms with Gasteiger partial charge in [-0.3, -0.25) is 4.90 Å². The Kier molecular flexibility index (Phi) is 2.99. The summed E-state index contributed by atoms with van der Waals surface area (Å²) in [6, 6.07) is 10.3. The van der Waals surface area contributed by atoms with Gasteiger partial charge in [0.15, 0.2) is 11.6 Å². The summed E-state index contributed by atoms with van der Waals surface area (Å²) in [6.45, 7) is 3.68. The molecule has 8 nitrogen and oxygen atoms in total. The first kappa shape index (κ1) is 13.8. The average Bonchev–Trinajstić information content (AvgIpc) is 3.04. The second kappa shape index (κ2) is 5.20. The molecule has 5 rings (SSSR count). The highest BCUT2D eigenvalue weighted by molar-refractivity contribution is 5.55. The summed E-state index contributed by atoms with van der Waals surface area (Å²) in [5.74, 6) is 2.84. The Balaban J connectivity index is 1.36. The van der Waals surface area contributed by atoms with E-state index in [1.54, 1.807) is 0 Å². The Hall–Kier alpha value is -2.61. The number of fused-ring (bicyclic) bond motifs is 1. The largest absolute Gasteiger partial charge is 0.309 e. The molecule has 1 aromatic carbocycles. The summed E-state index contributed by atoms with van der Waals surface area (Å²) in [5.41, 5.74) is 1.20. The zero-order valence-corrected chi connectivity index (χ0v) is 13.3. The molecular weight excluding hydrogens is 304 g/mol. The molecule has 2 aliphatic rings. The summed E-state index contributed by atoms with van der Waals surface area (Å²) in [5, 5.41) is 23.5. The van der Waals surface area contributed by atoms with Crippen LogP contribution in [0.1, 0.15) is 24.5 Å². The SMILES string of the molecule is c1ccc(-c2nnc3n2CCN(CC2(c4nn[nH]n4)CC2)C3)cc1. The summed E-state index contributed by atoms with van der Waals surface area (Å²) >= 11 is 0. The standard InChI is InChI=1S/C16H18N8/c1-2-4-12(5-3-1)14-18-17-13-10-23(8-9-24(13)14)11-16(6-7-16)15-19-21-22-20-15/h1-5H,6-11H2,(H,19,20,21,22). The van der Waals surface area contributed by atoms with E-state index in [1.807, 2.05) is 18.2 Å². The highest BCUT2D eigenvalue weighted by atomic mass is 15.5. The van der Waals surface area contributed by atoms with Crippen molar-refractivity contribution in [1.29, 1.82) is 0 Å². The van der Waals surface area contributed by atoms with Crippen LogP contribution in [0.25, 0.3) is 11.4 Å². The van der Waals surface area contributed by atoms with Crippen LogP contribution in [-0.2, 0) is 18.5 Å². The number of aromatic amines is 1. The number of hydrogen-bond acceptors (Lipinski definition) is 6. The van der Waals surface area contributed by atoms with Gasteiger partial charge in [0, 0.05) is 30.6 Å². The summed E-state index contributed by atoms with van der Waals surface area (Å²) in [7, 11) is 0. The maximum absolute atomic E-state index is 4.42. The fourth-order valence-corrected chi connectivity index (χ4v) is 3.56. The second-order valence-corrected chi connectivity index (χ2v) is 6.68. The van der Waals surface area contributed by atoms with Crippen molar-refractivity contribution in [2.45, 2.75) is 31.3 Å². The number of nitrogens with zero attached hydrogens (tertiary/aromatic N) is 7. The van der Waals surface area contributed by atoms with E-state index in [0.717, 1.165) is 62.1 Å². The van der Waals surface area contributed by atoms with E-state index in [4.69, 9.17) is 0 Å². The molecule has 0 spiro atoms. The first-order valence-electron chi connectivity index (χ1n) is 8.28. The molecule has 2 aromatic heterocycles. The minimum atomic E-state index is 0.0808. The Bertz CT molecular complexity index is 834. The molecule has 1 aliphatic carbocycles. The van der Waals surface area contributed by atoms with E-state index in [1.165, 1.54) is 0 Å². The van der Waals surface area contributed by atoms with Crippen LogP contribution < -0.4 is 0 Å². The number of H-pyrrole nitrogens is 1. The van der Waals surface area contributed by atoms with Crippen molar-refractivity contribution >= 4 is 0 Å². The van der Waals surface area contributed by atoms with E-state index in [-0.39, 0.29) is 5.41 Å². The number of rotatable bonds is 4. The number of benzene rings is 1. The Labute approximate surface area is 138 Å². The van der Waals surface area contributed by atoms with Crippen molar-refractivity contribution in [3.8, 4) is 11.4 Å². The van der Waals surface area contributed by atoms with Crippen LogP contribution in [0.2, 0.25) is 0 Å². The first-order chi connectivity index (χ1) is 11.8. The van der Waals surface area contributed by atoms with Gasteiger partial charge in [-0.2, -0.15) is 5.21 Å². The maximum Gasteiger partial charge on any atom is 0.181 e. The van der Waals surface area contributed by atoms with Crippen LogP contribution in [0.5, 0.6) is 0 Å². The van der Waals surface area contributed by atoms with Crippen molar-refractivity contribution in [3.63, 3.8) is 0 Å². The molecule has 1 saturated carbocycles. The van der Waals surface area contributed by atoms with Gasteiger partial charge in [-0.1, -0.05) is 35.5 Å². The smallest absolute Gasteiger partial charge is 0.181 e. The van der Waals surface area contributed by atoms with Gasteiger partial charge in [-0.25, -0.2) is 0 Å². The molecule has 1 fully saturated rings. The van der Waals surface area contributed by atoms with Crippen LogP contribution in [0.15, 0.2) is 30.3 Å². The van der Waals surface area contributed by atoms with Gasteiger partial charge in [-0.05, 0) is 12.8 Å². The van der Waals surface area contributed by atoms with E-state index in [9.17, 15) is 0 Å². The molecule has 0 atom stereocenters. The molecule has 8 heteroatoms. The van der Waals surface area contributed by atoms with Crippen LogP contribution in [0.3, 0.4) is 0 Å². The molecule has 1 aliphatic heterocycles. The van der Waals surface area contributed by atoms with Gasteiger partial charge in [0.05, 0.1) is 6.54 Å². The fourth-order valence-electron chi connectivity index (χ4n) is 3.56. The van der Waals surface area contributed by atoms with E-state index >= 15 is 0 Å². The van der Waals surface area contributed by atoms with Crippen molar-refractivity contribution < 1.29 is 0 Å². The summed E-state index contributed by atoms with van der Waals surface area (Å²) < 4.78 is 2.24. The normalized spacial score (nSPS) is 19.2. The molecule has 24 heavy (non-hydrogen) atoms. The minimum absolute atomic E-state index is 0.0808. The van der Waals surface area contributed by atoms with Gasteiger partial charge in [-0.15, -0.1) is 20.4 Å². The lowest BCUT2D eigenvalue weighted by Gasteiger charge is -2.30. The fraction of sp³-hybridized carbons (Fsp3) is 0.438. The van der Waals surface area contributed by atoms with Crippen molar-refractivity contribution in [2.75, 3.05) is 13.1 Å². The molecule has 0 unspecified atom stereocenters. The molecule has 122 valence electrons. The average molecular weight is 322 g/mol. The second-order valence-electron chi connectivity index (χ2n) is 6.68. The van der Waals surface area contributed by atoms with Crippen molar-refractivity contribution in [1.82, 2.24) is 40.3 Å². The van der Waals surface area contributed by atoms with Crippen LogP contribution in [0.4, 0.5) is 0 Å². The predicted molar refractivity (Wildman–Crippen MR) is 85.8 cm³/mol. The highest BCUT2D eigenvalue weighted by Crippen LogP contribution is 2.47. The Morgan fingerprint density at radius 3 is 2.67 bits per heavy atom. The summed E-state index contributed by atoms with van der Waals surface area (Å²) in [4.78, 5) is 2.43. The molecule has 3 aromatic rings. The van der Waals surface area contributed by atoms with Gasteiger partial charge < -0.3 is 4.57 Å². The van der Waals surface area contributed by atoms with Gasteiger partial charge in [0.25, 0.3) is 0 Å². The lowest BCUT2D eigenvalue weighted by Crippen LogP contribution is -2.39. The lowest BCUT2D eigenvalue weighted by molar-refractivity contribution is 0.196. The molecule has 0 radical (unpaired) electrons. The zero-order chi connectivity index (χ0) is 16.0. The van der Waals surface area contributed by atoms with E-state index in [2.05, 4.69) is 52.4 Å². The van der Waals surface area contributed by atoms with Gasteiger partial charge >= 0.3 is 0 Å². The molecule has 0 amide bonds. The number of aromatic nitrogens is 7.